The summed E-state index contributed by atoms with van der Waals surface area (Å²) in [5.41, 5.74) is 2.77. The van der Waals surface area contributed by atoms with E-state index >= 15 is 0 Å². The number of hydrogen-bond donors (Lipinski definition) is 0. The molecule has 0 spiro atoms. The van der Waals surface area contributed by atoms with Gasteiger partial charge >= 0.3 is 5.97 Å². The predicted octanol–water partition coefficient (Wildman–Crippen LogP) is 4.67. The largest absolute Gasteiger partial charge is 0.497 e. The van der Waals surface area contributed by atoms with Gasteiger partial charge in [-0.15, -0.1) is 0 Å². The molecule has 0 heterocycles. The molecule has 0 bridgehead atoms. The molecule has 4 nitrogen and oxygen atoms in total. The van der Waals surface area contributed by atoms with E-state index in [-0.39, 0.29) is 12.1 Å². The Morgan fingerprint density at radius 3 is 1.76 bits per heavy atom. The number of rotatable bonds is 8. The Morgan fingerprint density at radius 2 is 1.31 bits per heavy atom. The second kappa shape index (κ2) is 9.89. The molecule has 0 unspecified atom stereocenters. The molecule has 4 heteroatoms. The Labute approximate surface area is 172 Å². The van der Waals surface area contributed by atoms with E-state index in [1.165, 1.54) is 0 Å². The topological polar surface area (TPSA) is 38.8 Å². The first-order valence-corrected chi connectivity index (χ1v) is 9.67. The first-order chi connectivity index (χ1) is 14.1. The summed E-state index contributed by atoms with van der Waals surface area (Å²) < 4.78 is 11.3. The molecule has 0 saturated carbocycles. The summed E-state index contributed by atoms with van der Waals surface area (Å²) in [6, 6.07) is 27.2. The maximum atomic E-state index is 13.4. The Kier molecular flexibility index (Phi) is 7.04. The molecular formula is C25H27NO3. The van der Waals surface area contributed by atoms with Crippen molar-refractivity contribution in [2.24, 2.45) is 0 Å². The van der Waals surface area contributed by atoms with Crippen LogP contribution < -0.4 is 4.74 Å². The lowest BCUT2D eigenvalue weighted by atomic mass is 9.91. The second-order valence-electron chi connectivity index (χ2n) is 7.22. The third-order valence-corrected chi connectivity index (χ3v) is 4.78. The number of esters is 1. The van der Waals surface area contributed by atoms with Gasteiger partial charge in [-0.05, 0) is 42.9 Å². The number of benzene rings is 3. The minimum absolute atomic E-state index is 0.259. The molecule has 3 aromatic carbocycles. The number of carbonyl (C=O) groups excluding carboxylic acids is 1. The van der Waals surface area contributed by atoms with E-state index in [4.69, 9.17) is 9.47 Å². The molecule has 1 atom stereocenters. The van der Waals surface area contributed by atoms with Crippen LogP contribution in [0, 0.1) is 0 Å². The highest BCUT2D eigenvalue weighted by molar-refractivity contribution is 5.82. The minimum Gasteiger partial charge on any atom is -0.497 e. The van der Waals surface area contributed by atoms with Gasteiger partial charge < -0.3 is 14.4 Å². The van der Waals surface area contributed by atoms with E-state index in [2.05, 4.69) is 0 Å². The summed E-state index contributed by atoms with van der Waals surface area (Å²) in [5, 5.41) is 0. The molecule has 0 aliphatic rings. The van der Waals surface area contributed by atoms with Crippen LogP contribution in [0.5, 0.6) is 5.75 Å². The van der Waals surface area contributed by atoms with Crippen molar-refractivity contribution in [2.75, 3.05) is 27.7 Å². The SMILES string of the molecule is COc1ccc([C@H](CN(C)C)OC(=O)C(c2ccccc2)c2ccccc2)cc1. The molecule has 0 aliphatic carbocycles. The average Bonchev–Trinajstić information content (AvgIpc) is 2.75. The van der Waals surface area contributed by atoms with Crippen LogP contribution in [0.2, 0.25) is 0 Å². The Hall–Kier alpha value is -3.11. The van der Waals surface area contributed by atoms with Crippen LogP contribution in [0.1, 0.15) is 28.7 Å². The van der Waals surface area contributed by atoms with E-state index < -0.39 is 5.92 Å². The number of ether oxygens (including phenoxy) is 2. The fourth-order valence-corrected chi connectivity index (χ4v) is 3.32. The van der Waals surface area contributed by atoms with Crippen molar-refractivity contribution < 1.29 is 14.3 Å². The van der Waals surface area contributed by atoms with Crippen molar-refractivity contribution in [3.05, 3.63) is 102 Å². The summed E-state index contributed by atoms with van der Waals surface area (Å²) in [6.45, 7) is 0.592. The highest BCUT2D eigenvalue weighted by Crippen LogP contribution is 2.29. The van der Waals surface area contributed by atoms with Gasteiger partial charge in [0.05, 0.1) is 7.11 Å². The highest BCUT2D eigenvalue weighted by Gasteiger charge is 2.27. The van der Waals surface area contributed by atoms with Gasteiger partial charge in [-0.2, -0.15) is 0 Å². The first kappa shape index (κ1) is 20.6. The molecule has 0 saturated heterocycles. The number of methoxy groups -OCH3 is 1. The smallest absolute Gasteiger partial charge is 0.318 e. The van der Waals surface area contributed by atoms with Gasteiger partial charge in [0, 0.05) is 6.54 Å². The normalized spacial score (nSPS) is 12.0. The Balaban J connectivity index is 1.90. The first-order valence-electron chi connectivity index (χ1n) is 9.67. The molecule has 0 aromatic heterocycles. The van der Waals surface area contributed by atoms with Crippen LogP contribution in [0.15, 0.2) is 84.9 Å². The third-order valence-electron chi connectivity index (χ3n) is 4.78. The van der Waals surface area contributed by atoms with Crippen LogP contribution in [0.4, 0.5) is 0 Å². The molecule has 0 N–H and O–H groups in total. The number of hydrogen-bond acceptors (Lipinski definition) is 4. The summed E-state index contributed by atoms with van der Waals surface area (Å²) in [5.74, 6) is 0.0421. The molecule has 0 radical (unpaired) electrons. The zero-order valence-electron chi connectivity index (χ0n) is 17.1. The Morgan fingerprint density at radius 1 is 0.793 bits per heavy atom. The van der Waals surface area contributed by atoms with Gasteiger partial charge in [0.2, 0.25) is 0 Å². The van der Waals surface area contributed by atoms with Gasteiger partial charge in [0.15, 0.2) is 0 Å². The standard InChI is InChI=1S/C25H27NO3/c1-26(2)18-23(19-14-16-22(28-3)17-15-19)29-25(27)24(20-10-6-4-7-11-20)21-12-8-5-9-13-21/h4-17,23-24H,18H2,1-3H3/t23-/m0/s1. The summed E-state index contributed by atoms with van der Waals surface area (Å²) >= 11 is 0. The van der Waals surface area contributed by atoms with E-state index in [9.17, 15) is 4.79 Å². The Bertz CT molecular complexity index is 853. The molecule has 0 amide bonds. The number of likely N-dealkylation sites (N-methyl/N-ethyl adjacent to an activating group) is 1. The molecule has 150 valence electrons. The van der Waals surface area contributed by atoms with Crippen LogP contribution in [-0.2, 0) is 9.53 Å². The van der Waals surface area contributed by atoms with Gasteiger partial charge in [-0.3, -0.25) is 4.79 Å². The van der Waals surface area contributed by atoms with Gasteiger partial charge in [0.25, 0.3) is 0 Å². The lowest BCUT2D eigenvalue weighted by Gasteiger charge is -2.25. The zero-order valence-corrected chi connectivity index (χ0v) is 17.1. The maximum Gasteiger partial charge on any atom is 0.318 e. The summed E-state index contributed by atoms with van der Waals surface area (Å²) in [6.07, 6.45) is -0.377. The molecule has 3 rings (SSSR count). The molecule has 0 fully saturated rings. The molecule has 0 aliphatic heterocycles. The van der Waals surface area contributed by atoms with Crippen molar-refractivity contribution in [3.63, 3.8) is 0 Å². The average molecular weight is 389 g/mol. The van der Waals surface area contributed by atoms with Crippen molar-refractivity contribution in [3.8, 4) is 5.75 Å². The van der Waals surface area contributed by atoms with Crippen LogP contribution >= 0.6 is 0 Å². The molecular weight excluding hydrogens is 362 g/mol. The second-order valence-corrected chi connectivity index (χ2v) is 7.22. The van der Waals surface area contributed by atoms with E-state index in [0.717, 1.165) is 22.4 Å². The fraction of sp³-hybridized carbons (Fsp3) is 0.240. The maximum absolute atomic E-state index is 13.4. The quantitative estimate of drug-likeness (QED) is 0.525. The van der Waals surface area contributed by atoms with Gasteiger partial charge in [-0.1, -0.05) is 72.8 Å². The highest BCUT2D eigenvalue weighted by atomic mass is 16.5. The van der Waals surface area contributed by atoms with Gasteiger partial charge in [0.1, 0.15) is 17.8 Å². The van der Waals surface area contributed by atoms with Gasteiger partial charge in [-0.25, -0.2) is 0 Å². The summed E-state index contributed by atoms with van der Waals surface area (Å²) in [4.78, 5) is 15.4. The molecule has 29 heavy (non-hydrogen) atoms. The monoisotopic (exact) mass is 389 g/mol. The number of carbonyl (C=O) groups is 1. The van der Waals surface area contributed by atoms with Crippen molar-refractivity contribution >= 4 is 5.97 Å². The van der Waals surface area contributed by atoms with E-state index in [0.29, 0.717) is 6.54 Å². The van der Waals surface area contributed by atoms with Crippen LogP contribution in [0.25, 0.3) is 0 Å². The fourth-order valence-electron chi connectivity index (χ4n) is 3.32. The lowest BCUT2D eigenvalue weighted by Crippen LogP contribution is -2.27. The van der Waals surface area contributed by atoms with E-state index in [1.807, 2.05) is 104 Å². The summed E-state index contributed by atoms with van der Waals surface area (Å²) in [7, 11) is 5.57. The minimum atomic E-state index is -0.472. The third kappa shape index (κ3) is 5.46. The lowest BCUT2D eigenvalue weighted by molar-refractivity contribution is -0.151. The van der Waals surface area contributed by atoms with E-state index in [1.54, 1.807) is 7.11 Å². The zero-order chi connectivity index (χ0) is 20.6. The van der Waals surface area contributed by atoms with Crippen molar-refractivity contribution in [1.82, 2.24) is 4.90 Å². The van der Waals surface area contributed by atoms with Crippen LogP contribution in [-0.4, -0.2) is 38.6 Å². The van der Waals surface area contributed by atoms with Crippen molar-refractivity contribution in [1.29, 1.82) is 0 Å². The number of nitrogens with zero attached hydrogens (tertiary/aromatic N) is 1. The predicted molar refractivity (Wildman–Crippen MR) is 115 cm³/mol. The van der Waals surface area contributed by atoms with Crippen LogP contribution in [0.3, 0.4) is 0 Å². The van der Waals surface area contributed by atoms with Crippen molar-refractivity contribution in [2.45, 2.75) is 12.0 Å². The molecule has 3 aromatic rings.